The lowest BCUT2D eigenvalue weighted by atomic mass is 10.2. The number of benzene rings is 1. The first-order valence-corrected chi connectivity index (χ1v) is 9.35. The average molecular weight is 372 g/mol. The van der Waals surface area contributed by atoms with Crippen molar-refractivity contribution in [3.63, 3.8) is 0 Å². The van der Waals surface area contributed by atoms with Crippen molar-refractivity contribution in [1.82, 2.24) is 29.8 Å². The highest BCUT2D eigenvalue weighted by Gasteiger charge is 2.20. The molecule has 8 nitrogen and oxygen atoms in total. The molecule has 3 aromatic heterocycles. The minimum atomic E-state index is 0.748. The van der Waals surface area contributed by atoms with E-state index in [1.54, 1.807) is 0 Å². The van der Waals surface area contributed by atoms with Gasteiger partial charge in [0.15, 0.2) is 11.5 Å². The van der Waals surface area contributed by atoms with Crippen LogP contribution in [0, 0.1) is 6.92 Å². The first kappa shape index (κ1) is 16.6. The van der Waals surface area contributed by atoms with E-state index in [-0.39, 0.29) is 0 Å². The summed E-state index contributed by atoms with van der Waals surface area (Å²) in [6, 6.07) is 16.0. The number of hydrogen-bond acceptors (Lipinski definition) is 7. The van der Waals surface area contributed by atoms with Crippen LogP contribution in [0.25, 0.3) is 17.0 Å². The van der Waals surface area contributed by atoms with E-state index in [4.69, 9.17) is 5.10 Å². The van der Waals surface area contributed by atoms with Gasteiger partial charge in [-0.1, -0.05) is 30.3 Å². The zero-order valence-electron chi connectivity index (χ0n) is 15.6. The summed E-state index contributed by atoms with van der Waals surface area (Å²) in [5, 5.41) is 13.4. The Morgan fingerprint density at radius 1 is 0.786 bits per heavy atom. The Kier molecular flexibility index (Phi) is 4.08. The van der Waals surface area contributed by atoms with Gasteiger partial charge in [-0.2, -0.15) is 4.52 Å². The molecule has 1 aromatic carbocycles. The van der Waals surface area contributed by atoms with Crippen LogP contribution in [0.1, 0.15) is 5.82 Å². The highest BCUT2D eigenvalue weighted by Crippen LogP contribution is 2.21. The van der Waals surface area contributed by atoms with E-state index in [0.29, 0.717) is 0 Å². The standard InChI is InChI=1S/C20H20N8/c1-15-21-10-9-17(22-15)26-11-13-27(14-12-26)19-8-7-18-23-24-20(28(18)25-19)16-5-3-2-4-6-16/h2-10H,11-14H2,1H3. The first-order chi connectivity index (χ1) is 13.8. The van der Waals surface area contributed by atoms with E-state index in [0.717, 1.165) is 60.7 Å². The second-order valence-corrected chi connectivity index (χ2v) is 6.79. The molecule has 1 aliphatic heterocycles. The fraction of sp³-hybridized carbons (Fsp3) is 0.250. The molecule has 0 atom stereocenters. The lowest BCUT2D eigenvalue weighted by molar-refractivity contribution is 0.635. The van der Waals surface area contributed by atoms with Crippen molar-refractivity contribution in [2.24, 2.45) is 0 Å². The second-order valence-electron chi connectivity index (χ2n) is 6.79. The van der Waals surface area contributed by atoms with Gasteiger partial charge in [-0.05, 0) is 25.1 Å². The van der Waals surface area contributed by atoms with E-state index in [9.17, 15) is 0 Å². The fourth-order valence-corrected chi connectivity index (χ4v) is 3.50. The lowest BCUT2D eigenvalue weighted by Gasteiger charge is -2.35. The van der Waals surface area contributed by atoms with E-state index < -0.39 is 0 Å². The number of aromatic nitrogens is 6. The van der Waals surface area contributed by atoms with Gasteiger partial charge >= 0.3 is 0 Å². The number of fused-ring (bicyclic) bond motifs is 1. The van der Waals surface area contributed by atoms with Crippen LogP contribution < -0.4 is 9.80 Å². The molecule has 0 amide bonds. The molecule has 0 radical (unpaired) electrons. The van der Waals surface area contributed by atoms with Crippen LogP contribution >= 0.6 is 0 Å². The van der Waals surface area contributed by atoms with Gasteiger partial charge in [0, 0.05) is 37.9 Å². The Morgan fingerprint density at radius 3 is 2.29 bits per heavy atom. The van der Waals surface area contributed by atoms with E-state index in [2.05, 4.69) is 30.0 Å². The SMILES string of the molecule is Cc1nccc(N2CCN(c3ccc4nnc(-c5ccccc5)n4n3)CC2)n1. The topological polar surface area (TPSA) is 75.3 Å². The molecule has 1 aliphatic rings. The van der Waals surface area contributed by atoms with Crippen LogP contribution in [0.2, 0.25) is 0 Å². The number of nitrogens with zero attached hydrogens (tertiary/aromatic N) is 8. The van der Waals surface area contributed by atoms with Crippen molar-refractivity contribution in [1.29, 1.82) is 0 Å². The number of aryl methyl sites for hydroxylation is 1. The van der Waals surface area contributed by atoms with Crippen LogP contribution in [0.4, 0.5) is 11.6 Å². The molecule has 1 saturated heterocycles. The molecule has 4 aromatic rings. The van der Waals surface area contributed by atoms with Gasteiger partial charge in [-0.3, -0.25) is 0 Å². The van der Waals surface area contributed by atoms with Crippen molar-refractivity contribution in [2.75, 3.05) is 36.0 Å². The molecule has 0 N–H and O–H groups in total. The summed E-state index contributed by atoms with van der Waals surface area (Å²) in [6.45, 7) is 5.46. The smallest absolute Gasteiger partial charge is 0.185 e. The van der Waals surface area contributed by atoms with Gasteiger partial charge in [0.25, 0.3) is 0 Å². The second kappa shape index (κ2) is 6.88. The van der Waals surface area contributed by atoms with Gasteiger partial charge in [0.05, 0.1) is 0 Å². The third-order valence-corrected chi connectivity index (χ3v) is 4.97. The first-order valence-electron chi connectivity index (χ1n) is 9.35. The average Bonchev–Trinajstić information content (AvgIpc) is 3.18. The third kappa shape index (κ3) is 3.02. The molecular formula is C20H20N8. The normalized spacial score (nSPS) is 14.6. The van der Waals surface area contributed by atoms with E-state index in [1.165, 1.54) is 0 Å². The lowest BCUT2D eigenvalue weighted by Crippen LogP contribution is -2.47. The van der Waals surface area contributed by atoms with Gasteiger partial charge < -0.3 is 9.80 Å². The molecule has 0 spiro atoms. The maximum atomic E-state index is 4.82. The molecular weight excluding hydrogens is 352 g/mol. The Hall–Kier alpha value is -3.55. The number of piperazine rings is 1. The zero-order valence-corrected chi connectivity index (χ0v) is 15.6. The highest BCUT2D eigenvalue weighted by atomic mass is 15.4. The summed E-state index contributed by atoms with van der Waals surface area (Å²) in [5.41, 5.74) is 1.75. The summed E-state index contributed by atoms with van der Waals surface area (Å²) in [7, 11) is 0. The van der Waals surface area contributed by atoms with Gasteiger partial charge in [-0.25, -0.2) is 9.97 Å². The zero-order chi connectivity index (χ0) is 18.9. The minimum Gasteiger partial charge on any atom is -0.353 e. The molecule has 140 valence electrons. The number of anilines is 2. The molecule has 1 fully saturated rings. The number of hydrogen-bond donors (Lipinski definition) is 0. The minimum absolute atomic E-state index is 0.748. The third-order valence-electron chi connectivity index (χ3n) is 4.97. The van der Waals surface area contributed by atoms with Crippen LogP contribution in [-0.2, 0) is 0 Å². The van der Waals surface area contributed by atoms with E-state index >= 15 is 0 Å². The van der Waals surface area contributed by atoms with Crippen molar-refractivity contribution in [3.05, 3.63) is 60.6 Å². The van der Waals surface area contributed by atoms with Crippen molar-refractivity contribution in [3.8, 4) is 11.4 Å². The van der Waals surface area contributed by atoms with Gasteiger partial charge in [0.1, 0.15) is 17.5 Å². The summed E-state index contributed by atoms with van der Waals surface area (Å²) in [4.78, 5) is 13.3. The predicted molar refractivity (Wildman–Crippen MR) is 107 cm³/mol. The molecule has 0 unspecified atom stereocenters. The monoisotopic (exact) mass is 372 g/mol. The van der Waals surface area contributed by atoms with Crippen LogP contribution in [0.5, 0.6) is 0 Å². The van der Waals surface area contributed by atoms with E-state index in [1.807, 2.05) is 66.2 Å². The molecule has 4 heterocycles. The van der Waals surface area contributed by atoms with Gasteiger partial charge in [-0.15, -0.1) is 15.3 Å². The van der Waals surface area contributed by atoms with Crippen molar-refractivity contribution >= 4 is 17.3 Å². The fourth-order valence-electron chi connectivity index (χ4n) is 3.50. The van der Waals surface area contributed by atoms with Crippen LogP contribution in [-0.4, -0.2) is 56.0 Å². The Labute approximate surface area is 162 Å². The molecule has 8 heteroatoms. The van der Waals surface area contributed by atoms with Gasteiger partial charge in [0.2, 0.25) is 0 Å². The van der Waals surface area contributed by atoms with Crippen molar-refractivity contribution in [2.45, 2.75) is 6.92 Å². The molecule has 28 heavy (non-hydrogen) atoms. The molecule has 0 saturated carbocycles. The number of rotatable bonds is 3. The molecule has 0 bridgehead atoms. The predicted octanol–water partition coefficient (Wildman–Crippen LogP) is 2.22. The summed E-state index contributed by atoms with van der Waals surface area (Å²) in [5.74, 6) is 3.48. The Balaban J connectivity index is 1.38. The van der Waals surface area contributed by atoms with Crippen LogP contribution in [0.15, 0.2) is 54.7 Å². The molecule has 0 aliphatic carbocycles. The quantitative estimate of drug-likeness (QED) is 0.546. The highest BCUT2D eigenvalue weighted by molar-refractivity contribution is 5.59. The Bertz CT molecular complexity index is 1100. The summed E-state index contributed by atoms with van der Waals surface area (Å²) >= 11 is 0. The van der Waals surface area contributed by atoms with Crippen molar-refractivity contribution < 1.29 is 0 Å². The summed E-state index contributed by atoms with van der Waals surface area (Å²) < 4.78 is 1.82. The Morgan fingerprint density at radius 2 is 1.54 bits per heavy atom. The van der Waals surface area contributed by atoms with Crippen LogP contribution in [0.3, 0.4) is 0 Å². The maximum Gasteiger partial charge on any atom is 0.185 e. The maximum absolute atomic E-state index is 4.82. The largest absolute Gasteiger partial charge is 0.353 e. The summed E-state index contributed by atoms with van der Waals surface area (Å²) in [6.07, 6.45) is 1.82. The molecule has 5 rings (SSSR count).